The minimum Gasteiger partial charge on any atom is -0.319 e. The lowest BCUT2D eigenvalue weighted by atomic mass is 10.1. The molecular weight excluding hydrogens is 282 g/mol. The summed E-state index contributed by atoms with van der Waals surface area (Å²) in [5.74, 6) is -0.182. The number of nitrogens with one attached hydrogen (secondary N) is 1. The maximum absolute atomic E-state index is 12.2. The molecule has 0 atom stereocenters. The van der Waals surface area contributed by atoms with Crippen LogP contribution in [0.2, 0.25) is 0 Å². The summed E-state index contributed by atoms with van der Waals surface area (Å²) in [6.07, 6.45) is 5.91. The summed E-state index contributed by atoms with van der Waals surface area (Å²) in [4.78, 5) is 25.0. The number of rotatable bonds is 4. The van der Waals surface area contributed by atoms with Crippen molar-refractivity contribution in [3.8, 4) is 0 Å². The third kappa shape index (κ3) is 4.53. The zero-order chi connectivity index (χ0) is 15.9. The van der Waals surface area contributed by atoms with Crippen molar-refractivity contribution in [3.05, 3.63) is 33.9 Å². The lowest BCUT2D eigenvalue weighted by molar-refractivity contribution is -0.384. The van der Waals surface area contributed by atoms with Crippen LogP contribution < -0.4 is 5.32 Å². The Labute approximate surface area is 130 Å². The van der Waals surface area contributed by atoms with Crippen LogP contribution in [0.15, 0.2) is 18.2 Å². The van der Waals surface area contributed by atoms with Crippen LogP contribution in [0.5, 0.6) is 0 Å². The molecule has 0 unspecified atom stereocenters. The van der Waals surface area contributed by atoms with Crippen LogP contribution in [0.25, 0.3) is 0 Å². The predicted molar refractivity (Wildman–Crippen MR) is 86.0 cm³/mol. The van der Waals surface area contributed by atoms with Gasteiger partial charge in [0.05, 0.1) is 11.5 Å². The Morgan fingerprint density at radius 2 is 1.86 bits per heavy atom. The van der Waals surface area contributed by atoms with Crippen molar-refractivity contribution in [2.24, 2.45) is 0 Å². The van der Waals surface area contributed by atoms with E-state index in [0.717, 1.165) is 25.9 Å². The van der Waals surface area contributed by atoms with E-state index in [0.29, 0.717) is 17.8 Å². The van der Waals surface area contributed by atoms with Gasteiger partial charge in [0.2, 0.25) is 5.91 Å². The minimum absolute atomic E-state index is 0.0546. The van der Waals surface area contributed by atoms with E-state index in [1.807, 2.05) is 0 Å². The first-order chi connectivity index (χ1) is 10.6. The normalized spacial score (nSPS) is 16.6. The number of carbonyl (C=O) groups is 1. The molecule has 1 heterocycles. The summed E-state index contributed by atoms with van der Waals surface area (Å²) in [6.45, 7) is 3.90. The number of nitro benzene ring substituents is 1. The molecule has 0 bridgehead atoms. The number of likely N-dealkylation sites (tertiary alicyclic amines) is 1. The largest absolute Gasteiger partial charge is 0.319 e. The molecule has 0 aromatic heterocycles. The standard InChI is InChI=1S/C16H23N3O3/c1-13-8-7-9-14(19(21)22)16(13)17-15(20)12-18-10-5-3-2-4-6-11-18/h7-9H,2-6,10-12H2,1H3,(H,17,20). The second-order valence-electron chi connectivity index (χ2n) is 5.82. The van der Waals surface area contributed by atoms with E-state index >= 15 is 0 Å². The van der Waals surface area contributed by atoms with Crippen molar-refractivity contribution in [2.75, 3.05) is 25.0 Å². The fourth-order valence-corrected chi connectivity index (χ4v) is 2.82. The predicted octanol–water partition coefficient (Wildman–Crippen LogP) is 3.11. The molecule has 0 saturated carbocycles. The highest BCUT2D eigenvalue weighted by Gasteiger charge is 2.19. The summed E-state index contributed by atoms with van der Waals surface area (Å²) >= 11 is 0. The van der Waals surface area contributed by atoms with Crippen molar-refractivity contribution in [2.45, 2.75) is 39.0 Å². The average molecular weight is 305 g/mol. The van der Waals surface area contributed by atoms with Crippen molar-refractivity contribution in [1.29, 1.82) is 0 Å². The van der Waals surface area contributed by atoms with E-state index in [1.54, 1.807) is 19.1 Å². The minimum atomic E-state index is -0.460. The number of amides is 1. The SMILES string of the molecule is Cc1cccc([N+](=O)[O-])c1NC(=O)CN1CCCCCCC1. The molecule has 1 aliphatic heterocycles. The molecule has 1 N–H and O–H groups in total. The number of hydrogen-bond acceptors (Lipinski definition) is 4. The molecule has 1 amide bonds. The molecule has 120 valence electrons. The van der Waals surface area contributed by atoms with E-state index in [9.17, 15) is 14.9 Å². The van der Waals surface area contributed by atoms with Gasteiger partial charge in [-0.25, -0.2) is 0 Å². The Kier molecular flexibility index (Phi) is 5.89. The topological polar surface area (TPSA) is 75.5 Å². The Bertz CT molecular complexity index is 537. The first-order valence-electron chi connectivity index (χ1n) is 7.84. The molecule has 2 rings (SSSR count). The first kappa shape index (κ1) is 16.4. The third-order valence-electron chi connectivity index (χ3n) is 4.03. The van der Waals surface area contributed by atoms with Crippen LogP contribution in [0, 0.1) is 17.0 Å². The molecule has 6 heteroatoms. The van der Waals surface area contributed by atoms with Gasteiger partial charge >= 0.3 is 0 Å². The number of para-hydroxylation sites is 1. The van der Waals surface area contributed by atoms with Crippen molar-refractivity contribution >= 4 is 17.3 Å². The quantitative estimate of drug-likeness (QED) is 0.685. The maximum atomic E-state index is 12.2. The van der Waals surface area contributed by atoms with Crippen LogP contribution in [0.3, 0.4) is 0 Å². The molecule has 1 fully saturated rings. The van der Waals surface area contributed by atoms with Crippen LogP contribution >= 0.6 is 0 Å². The van der Waals surface area contributed by atoms with Gasteiger partial charge in [0, 0.05) is 6.07 Å². The highest BCUT2D eigenvalue weighted by atomic mass is 16.6. The summed E-state index contributed by atoms with van der Waals surface area (Å²) < 4.78 is 0. The first-order valence-corrected chi connectivity index (χ1v) is 7.84. The van der Waals surface area contributed by atoms with E-state index in [1.165, 1.54) is 25.3 Å². The van der Waals surface area contributed by atoms with Gasteiger partial charge in [-0.3, -0.25) is 19.8 Å². The van der Waals surface area contributed by atoms with E-state index in [4.69, 9.17) is 0 Å². The van der Waals surface area contributed by atoms with Gasteiger partial charge in [0.15, 0.2) is 0 Å². The van der Waals surface area contributed by atoms with E-state index in [2.05, 4.69) is 10.2 Å². The number of aryl methyl sites for hydroxylation is 1. The molecule has 1 aromatic carbocycles. The average Bonchev–Trinajstić information content (AvgIpc) is 2.43. The molecule has 6 nitrogen and oxygen atoms in total. The van der Waals surface area contributed by atoms with Crippen LogP contribution in [-0.4, -0.2) is 35.4 Å². The Morgan fingerprint density at radius 1 is 1.23 bits per heavy atom. The molecule has 1 aromatic rings. The van der Waals surface area contributed by atoms with Gasteiger partial charge in [-0.1, -0.05) is 31.4 Å². The Balaban J connectivity index is 2.01. The second kappa shape index (κ2) is 7.89. The lowest BCUT2D eigenvalue weighted by Gasteiger charge is -2.23. The Morgan fingerprint density at radius 3 is 2.50 bits per heavy atom. The van der Waals surface area contributed by atoms with Crippen LogP contribution in [0.4, 0.5) is 11.4 Å². The fourth-order valence-electron chi connectivity index (χ4n) is 2.82. The van der Waals surface area contributed by atoms with Crippen molar-refractivity contribution < 1.29 is 9.72 Å². The van der Waals surface area contributed by atoms with Crippen molar-refractivity contribution in [1.82, 2.24) is 4.90 Å². The van der Waals surface area contributed by atoms with E-state index < -0.39 is 4.92 Å². The van der Waals surface area contributed by atoms with Gasteiger partial charge in [0.25, 0.3) is 5.69 Å². The fraction of sp³-hybridized carbons (Fsp3) is 0.562. The lowest BCUT2D eigenvalue weighted by Crippen LogP contribution is -2.35. The van der Waals surface area contributed by atoms with Gasteiger partial charge in [-0.15, -0.1) is 0 Å². The van der Waals surface area contributed by atoms with Crippen LogP contribution in [0.1, 0.15) is 37.7 Å². The van der Waals surface area contributed by atoms with Gasteiger partial charge in [-0.2, -0.15) is 0 Å². The molecule has 1 saturated heterocycles. The van der Waals surface area contributed by atoms with Crippen molar-refractivity contribution in [3.63, 3.8) is 0 Å². The van der Waals surface area contributed by atoms with Gasteiger partial charge in [-0.05, 0) is 38.4 Å². The second-order valence-corrected chi connectivity index (χ2v) is 5.82. The number of nitro groups is 1. The Hall–Kier alpha value is -1.95. The highest BCUT2D eigenvalue weighted by Crippen LogP contribution is 2.27. The van der Waals surface area contributed by atoms with Crippen LogP contribution in [-0.2, 0) is 4.79 Å². The molecular formula is C16H23N3O3. The maximum Gasteiger partial charge on any atom is 0.293 e. The zero-order valence-corrected chi connectivity index (χ0v) is 13.0. The van der Waals surface area contributed by atoms with Gasteiger partial charge < -0.3 is 5.32 Å². The molecule has 1 aliphatic rings. The number of anilines is 1. The number of benzene rings is 1. The van der Waals surface area contributed by atoms with E-state index in [-0.39, 0.29) is 11.6 Å². The zero-order valence-electron chi connectivity index (χ0n) is 13.0. The molecule has 0 radical (unpaired) electrons. The molecule has 0 spiro atoms. The summed E-state index contributed by atoms with van der Waals surface area (Å²) in [6, 6.07) is 4.80. The number of nitrogens with zero attached hydrogens (tertiary/aromatic N) is 2. The summed E-state index contributed by atoms with van der Waals surface area (Å²) in [5, 5.41) is 13.8. The highest BCUT2D eigenvalue weighted by molar-refractivity contribution is 5.95. The number of hydrogen-bond donors (Lipinski definition) is 1. The monoisotopic (exact) mass is 305 g/mol. The van der Waals surface area contributed by atoms with Gasteiger partial charge in [0.1, 0.15) is 5.69 Å². The third-order valence-corrected chi connectivity index (χ3v) is 4.03. The number of carbonyl (C=O) groups excluding carboxylic acids is 1. The molecule has 0 aliphatic carbocycles. The molecule has 22 heavy (non-hydrogen) atoms. The summed E-state index contributed by atoms with van der Waals surface area (Å²) in [7, 11) is 0. The summed E-state index contributed by atoms with van der Waals surface area (Å²) in [5.41, 5.74) is 0.959. The smallest absolute Gasteiger partial charge is 0.293 e.